The van der Waals surface area contributed by atoms with Crippen molar-refractivity contribution in [3.05, 3.63) is 89.7 Å². The van der Waals surface area contributed by atoms with E-state index in [0.717, 1.165) is 47.2 Å². The number of para-hydroxylation sites is 1. The molecule has 1 saturated heterocycles. The molecule has 13 heteroatoms. The number of rotatable bonds is 9. The van der Waals surface area contributed by atoms with Gasteiger partial charge in [-0.1, -0.05) is 48.2 Å². The molecule has 5 rings (SSSR count). The number of hydrogen-bond acceptors (Lipinski definition) is 6. The number of amides is 3. The first-order chi connectivity index (χ1) is 21.1. The van der Waals surface area contributed by atoms with E-state index in [9.17, 15) is 22.8 Å². The normalized spacial score (nSPS) is 14.3. The Labute approximate surface area is 256 Å². The minimum Gasteiger partial charge on any atom is -0.406 e. The van der Waals surface area contributed by atoms with E-state index in [2.05, 4.69) is 25.1 Å². The van der Waals surface area contributed by atoms with Crippen LogP contribution in [0.5, 0.6) is 5.75 Å². The first kappa shape index (κ1) is 30.8. The number of halogens is 3. The van der Waals surface area contributed by atoms with Crippen molar-refractivity contribution in [3.63, 3.8) is 0 Å². The average molecular weight is 623 g/mol. The lowest BCUT2D eigenvalue weighted by Crippen LogP contribution is -2.32. The average Bonchev–Trinajstić information content (AvgIpc) is 3.60. The molecule has 0 spiro atoms. The van der Waals surface area contributed by atoms with Crippen LogP contribution in [0.15, 0.2) is 78.0 Å². The number of carbonyl (C=O) groups excluding carboxylic acids is 2. The monoisotopic (exact) mass is 622 g/mol. The number of ether oxygens (including phenoxy) is 1. The lowest BCUT2D eigenvalue weighted by Gasteiger charge is -2.20. The molecule has 1 fully saturated rings. The summed E-state index contributed by atoms with van der Waals surface area (Å²) in [7, 11) is 0. The van der Waals surface area contributed by atoms with Crippen LogP contribution in [0.1, 0.15) is 29.5 Å². The molecular formula is C31H29F3N6O3S. The summed E-state index contributed by atoms with van der Waals surface area (Å²) < 4.78 is 42.6. The molecule has 0 bridgehead atoms. The van der Waals surface area contributed by atoms with Crippen molar-refractivity contribution in [1.29, 1.82) is 0 Å². The lowest BCUT2D eigenvalue weighted by atomic mass is 10.0. The number of anilines is 1. The molecule has 44 heavy (non-hydrogen) atoms. The zero-order valence-electron chi connectivity index (χ0n) is 24.0. The second-order valence-corrected chi connectivity index (χ2v) is 11.0. The summed E-state index contributed by atoms with van der Waals surface area (Å²) in [6.07, 6.45) is -0.944. The number of nitrogens with one attached hydrogen (secondary N) is 1. The molecule has 1 N–H and O–H groups in total. The number of thioether (sulfide) groups is 1. The summed E-state index contributed by atoms with van der Waals surface area (Å²) in [4.78, 5) is 35.2. The van der Waals surface area contributed by atoms with Gasteiger partial charge in [0.15, 0.2) is 11.0 Å². The van der Waals surface area contributed by atoms with E-state index < -0.39 is 12.4 Å². The van der Waals surface area contributed by atoms with Crippen LogP contribution in [0.4, 0.5) is 23.7 Å². The Morgan fingerprint density at radius 2 is 1.77 bits per heavy atom. The van der Waals surface area contributed by atoms with E-state index in [1.165, 1.54) is 51.9 Å². The fourth-order valence-corrected chi connectivity index (χ4v) is 5.64. The second kappa shape index (κ2) is 13.3. The van der Waals surface area contributed by atoms with Gasteiger partial charge in [0, 0.05) is 12.1 Å². The SMILES string of the molecule is Cc1cccc(C)c1N1C(=O)CSC1=NC(=O)NCCCCc1cccc(-c2ncn(-c3ccc(OC(F)(F)F)cc3)n2)c1. The molecule has 0 unspecified atom stereocenters. The third-order valence-electron chi connectivity index (χ3n) is 6.81. The maximum Gasteiger partial charge on any atom is 0.573 e. The smallest absolute Gasteiger partial charge is 0.406 e. The molecule has 0 radical (unpaired) electrons. The van der Waals surface area contributed by atoms with Crippen LogP contribution in [0.3, 0.4) is 0 Å². The van der Waals surface area contributed by atoms with Gasteiger partial charge in [-0.25, -0.2) is 14.5 Å². The standard InChI is InChI=1S/C31H29F3N6O3S/c1-20-7-5-8-21(2)27(20)40-26(41)18-44-30(40)37-29(42)35-16-4-3-9-22-10-6-11-23(17-22)28-36-19-39(38-28)24-12-14-25(15-13-24)43-31(32,33)34/h5-8,10-15,17,19H,3-4,9,16,18H2,1-2H3,(H,35,42). The zero-order chi connectivity index (χ0) is 31.3. The van der Waals surface area contributed by atoms with Crippen LogP contribution in [0, 0.1) is 13.8 Å². The highest BCUT2D eigenvalue weighted by molar-refractivity contribution is 8.15. The maximum absolute atomic E-state index is 12.6. The Morgan fingerprint density at radius 3 is 2.50 bits per heavy atom. The molecule has 3 amide bonds. The van der Waals surface area contributed by atoms with Gasteiger partial charge >= 0.3 is 12.4 Å². The summed E-state index contributed by atoms with van der Waals surface area (Å²) in [6.45, 7) is 4.30. The third-order valence-corrected chi connectivity index (χ3v) is 7.73. The van der Waals surface area contributed by atoms with Gasteiger partial charge in [0.25, 0.3) is 0 Å². The topological polar surface area (TPSA) is 102 Å². The van der Waals surface area contributed by atoms with Gasteiger partial charge in [0.05, 0.1) is 17.1 Å². The Bertz CT molecular complexity index is 1670. The molecular weight excluding hydrogens is 593 g/mol. The molecule has 228 valence electrons. The second-order valence-electron chi connectivity index (χ2n) is 10.1. The fraction of sp³-hybridized carbons (Fsp3) is 0.258. The lowest BCUT2D eigenvalue weighted by molar-refractivity contribution is -0.274. The summed E-state index contributed by atoms with van der Waals surface area (Å²) in [5, 5.41) is 7.66. The quantitative estimate of drug-likeness (QED) is 0.211. The molecule has 1 aliphatic heterocycles. The minimum absolute atomic E-state index is 0.100. The van der Waals surface area contributed by atoms with E-state index in [-0.39, 0.29) is 17.4 Å². The molecule has 3 aromatic carbocycles. The van der Waals surface area contributed by atoms with Crippen molar-refractivity contribution in [3.8, 4) is 22.8 Å². The van der Waals surface area contributed by atoms with E-state index in [0.29, 0.717) is 23.2 Å². The summed E-state index contributed by atoms with van der Waals surface area (Å²) in [6, 6.07) is 18.5. The molecule has 0 saturated carbocycles. The number of aromatic nitrogens is 3. The van der Waals surface area contributed by atoms with Gasteiger partial charge in [-0.2, -0.15) is 4.99 Å². The summed E-state index contributed by atoms with van der Waals surface area (Å²) in [5.74, 6) is 0.304. The molecule has 4 aromatic rings. The number of carbonyl (C=O) groups is 2. The van der Waals surface area contributed by atoms with E-state index in [1.54, 1.807) is 0 Å². The number of hydrogen-bond donors (Lipinski definition) is 1. The number of urea groups is 1. The number of unbranched alkanes of at least 4 members (excludes halogenated alkanes) is 1. The summed E-state index contributed by atoms with van der Waals surface area (Å²) >= 11 is 1.25. The van der Waals surface area contributed by atoms with Crippen molar-refractivity contribution in [2.45, 2.75) is 39.5 Å². The third kappa shape index (κ3) is 7.64. The van der Waals surface area contributed by atoms with E-state index in [1.807, 2.05) is 56.3 Å². The van der Waals surface area contributed by atoms with E-state index >= 15 is 0 Å². The van der Waals surface area contributed by atoms with Crippen LogP contribution in [-0.2, 0) is 11.2 Å². The van der Waals surface area contributed by atoms with Gasteiger partial charge in [-0.05, 0) is 80.1 Å². The largest absolute Gasteiger partial charge is 0.573 e. The van der Waals surface area contributed by atoms with Crippen molar-refractivity contribution in [2.75, 3.05) is 17.2 Å². The first-order valence-corrected chi connectivity index (χ1v) is 14.8. The van der Waals surface area contributed by atoms with Crippen molar-refractivity contribution in [1.82, 2.24) is 20.1 Å². The highest BCUT2D eigenvalue weighted by atomic mass is 32.2. The van der Waals surface area contributed by atoms with Crippen molar-refractivity contribution < 1.29 is 27.5 Å². The van der Waals surface area contributed by atoms with Crippen LogP contribution in [-0.4, -0.2) is 50.5 Å². The molecule has 0 aliphatic carbocycles. The fourth-order valence-electron chi connectivity index (χ4n) is 4.79. The molecule has 1 aliphatic rings. The highest BCUT2D eigenvalue weighted by Gasteiger charge is 2.32. The van der Waals surface area contributed by atoms with E-state index in [4.69, 9.17) is 0 Å². The first-order valence-electron chi connectivity index (χ1n) is 13.8. The number of benzene rings is 3. The van der Waals surface area contributed by atoms with Crippen molar-refractivity contribution in [2.24, 2.45) is 4.99 Å². The van der Waals surface area contributed by atoms with Gasteiger partial charge in [0.2, 0.25) is 5.91 Å². The predicted octanol–water partition coefficient (Wildman–Crippen LogP) is 6.62. The molecule has 9 nitrogen and oxygen atoms in total. The number of amidine groups is 1. The zero-order valence-corrected chi connectivity index (χ0v) is 24.8. The number of aliphatic imine (C=N–C) groups is 1. The van der Waals surface area contributed by atoms with Gasteiger partial charge in [-0.15, -0.1) is 18.3 Å². The molecule has 0 atom stereocenters. The number of aryl methyl sites for hydroxylation is 3. The Morgan fingerprint density at radius 1 is 1.05 bits per heavy atom. The van der Waals surface area contributed by atoms with Crippen LogP contribution >= 0.6 is 11.8 Å². The molecule has 2 heterocycles. The van der Waals surface area contributed by atoms with Crippen molar-refractivity contribution >= 4 is 34.6 Å². The van der Waals surface area contributed by atoms with Crippen LogP contribution in [0.25, 0.3) is 17.1 Å². The van der Waals surface area contributed by atoms with Gasteiger partial charge < -0.3 is 10.1 Å². The Kier molecular flexibility index (Phi) is 9.33. The summed E-state index contributed by atoms with van der Waals surface area (Å²) in [5.41, 5.74) is 5.07. The number of nitrogens with zero attached hydrogens (tertiary/aromatic N) is 5. The van der Waals surface area contributed by atoms with Crippen LogP contribution in [0.2, 0.25) is 0 Å². The highest BCUT2D eigenvalue weighted by Crippen LogP contribution is 2.32. The number of alkyl halides is 3. The van der Waals surface area contributed by atoms with Crippen LogP contribution < -0.4 is 15.0 Å². The Hall–Kier alpha value is -4.65. The maximum atomic E-state index is 12.6. The predicted molar refractivity (Wildman–Crippen MR) is 163 cm³/mol. The minimum atomic E-state index is -4.75. The van der Waals surface area contributed by atoms with Gasteiger partial charge in [-0.3, -0.25) is 9.69 Å². The Balaban J connectivity index is 1.12. The molecule has 1 aromatic heterocycles. The van der Waals surface area contributed by atoms with Gasteiger partial charge in [0.1, 0.15) is 12.1 Å².